The average Bonchev–Trinajstić information content (AvgIpc) is 3.27. The van der Waals surface area contributed by atoms with Crippen LogP contribution in [0.25, 0.3) is 22.3 Å². The minimum absolute atomic E-state index is 0.00119. The third-order valence-electron chi connectivity index (χ3n) is 8.38. The van der Waals surface area contributed by atoms with E-state index in [9.17, 15) is 9.18 Å². The van der Waals surface area contributed by atoms with Gasteiger partial charge in [-0.15, -0.1) is 0 Å². The molecule has 2 aromatic heterocycles. The van der Waals surface area contributed by atoms with E-state index >= 15 is 0 Å². The van der Waals surface area contributed by atoms with Crippen molar-refractivity contribution in [2.75, 3.05) is 13.1 Å². The quantitative estimate of drug-likeness (QED) is 0.371. The Morgan fingerprint density at radius 2 is 1.89 bits per heavy atom. The van der Waals surface area contributed by atoms with E-state index in [2.05, 4.69) is 19.8 Å². The summed E-state index contributed by atoms with van der Waals surface area (Å²) in [6, 6.07) is 16.7. The molecule has 3 heterocycles. The van der Waals surface area contributed by atoms with E-state index in [0.29, 0.717) is 17.0 Å². The maximum atomic E-state index is 14.4. The summed E-state index contributed by atoms with van der Waals surface area (Å²) in [5, 5.41) is 4.18. The van der Waals surface area contributed by atoms with Crippen LogP contribution in [0.2, 0.25) is 0 Å². The molecule has 1 aliphatic heterocycles. The van der Waals surface area contributed by atoms with Crippen molar-refractivity contribution >= 4 is 16.8 Å². The maximum absolute atomic E-state index is 14.4. The highest BCUT2D eigenvalue weighted by Crippen LogP contribution is 2.30. The smallest absolute Gasteiger partial charge is 0.252 e. The van der Waals surface area contributed by atoms with Gasteiger partial charge in [0.15, 0.2) is 0 Å². The van der Waals surface area contributed by atoms with Crippen LogP contribution in [0.3, 0.4) is 0 Å². The molecule has 0 unspecified atom stereocenters. The number of amides is 1. The Morgan fingerprint density at radius 1 is 1.05 bits per heavy atom. The molecule has 1 saturated carbocycles. The van der Waals surface area contributed by atoms with E-state index in [4.69, 9.17) is 4.98 Å². The van der Waals surface area contributed by atoms with E-state index in [0.717, 1.165) is 80.6 Å². The average molecular weight is 512 g/mol. The van der Waals surface area contributed by atoms with Crippen LogP contribution in [0, 0.1) is 11.7 Å². The minimum Gasteiger partial charge on any atom is -0.349 e. The lowest BCUT2D eigenvalue weighted by Gasteiger charge is -2.32. The van der Waals surface area contributed by atoms with E-state index < -0.39 is 0 Å². The summed E-state index contributed by atoms with van der Waals surface area (Å²) in [6.07, 6.45) is 8.19. The molecule has 196 valence electrons. The number of rotatable bonds is 6. The Morgan fingerprint density at radius 3 is 2.74 bits per heavy atom. The standard InChI is InChI=1S/C31H34FN5O/c1-36-29-16-19-37(20-28(29)35-30(36)25-6-2-3-9-26(25)32)18-15-21-11-13-22(14-12-21)34-31(38)24-7-4-10-27-23(24)8-5-17-33-27/h2-10,17,21-22H,11-16,18-20H2,1H3,(H,34,38). The van der Waals surface area contributed by atoms with Gasteiger partial charge in [-0.1, -0.05) is 24.3 Å². The second-order valence-corrected chi connectivity index (χ2v) is 10.7. The minimum atomic E-state index is -0.226. The van der Waals surface area contributed by atoms with Crippen molar-refractivity contribution in [3.63, 3.8) is 0 Å². The number of nitrogens with one attached hydrogen (secondary N) is 1. The molecule has 7 heteroatoms. The van der Waals surface area contributed by atoms with Gasteiger partial charge in [0.1, 0.15) is 11.6 Å². The number of hydrogen-bond donors (Lipinski definition) is 1. The van der Waals surface area contributed by atoms with Crippen LogP contribution < -0.4 is 5.32 Å². The van der Waals surface area contributed by atoms with Gasteiger partial charge in [-0.05, 0) is 74.9 Å². The SMILES string of the molecule is Cn1c(-c2ccccc2F)nc2c1CCN(CCC1CCC(NC(=O)c3cccc4ncccc34)CC1)C2. The zero-order valence-electron chi connectivity index (χ0n) is 21.9. The molecule has 6 nitrogen and oxygen atoms in total. The number of pyridine rings is 1. The van der Waals surface area contributed by atoms with E-state index in [1.54, 1.807) is 18.3 Å². The van der Waals surface area contributed by atoms with Gasteiger partial charge in [-0.25, -0.2) is 9.37 Å². The van der Waals surface area contributed by atoms with Gasteiger partial charge in [-0.3, -0.25) is 14.7 Å². The Hall–Kier alpha value is -3.58. The summed E-state index contributed by atoms with van der Waals surface area (Å²) in [4.78, 5) is 24.7. The molecule has 0 saturated heterocycles. The van der Waals surface area contributed by atoms with Gasteiger partial charge >= 0.3 is 0 Å². The number of nitrogens with zero attached hydrogens (tertiary/aromatic N) is 4. The second-order valence-electron chi connectivity index (χ2n) is 10.7. The summed E-state index contributed by atoms with van der Waals surface area (Å²) in [5.41, 5.74) is 4.42. The fraction of sp³-hybridized carbons (Fsp3) is 0.387. The van der Waals surface area contributed by atoms with E-state index in [1.165, 1.54) is 11.8 Å². The summed E-state index contributed by atoms with van der Waals surface area (Å²) in [6.45, 7) is 2.88. The van der Waals surface area contributed by atoms with Gasteiger partial charge in [-0.2, -0.15) is 0 Å². The lowest BCUT2D eigenvalue weighted by Crippen LogP contribution is -2.38. The normalized spacial score (nSPS) is 19.8. The number of benzene rings is 2. The van der Waals surface area contributed by atoms with Crippen LogP contribution in [0.5, 0.6) is 0 Å². The van der Waals surface area contributed by atoms with Crippen molar-refractivity contribution in [1.82, 2.24) is 24.8 Å². The number of halogens is 1. The third kappa shape index (κ3) is 4.95. The molecule has 1 amide bonds. The lowest BCUT2D eigenvalue weighted by atomic mass is 9.84. The van der Waals surface area contributed by atoms with Crippen LogP contribution in [-0.4, -0.2) is 44.5 Å². The van der Waals surface area contributed by atoms with Gasteiger partial charge in [0, 0.05) is 55.4 Å². The number of imidazole rings is 1. The topological polar surface area (TPSA) is 63.1 Å². The Bertz CT molecular complexity index is 1450. The predicted octanol–water partition coefficient (Wildman–Crippen LogP) is 5.51. The molecule has 38 heavy (non-hydrogen) atoms. The Kier molecular flexibility index (Phi) is 6.94. The zero-order valence-corrected chi connectivity index (χ0v) is 21.9. The molecule has 0 radical (unpaired) electrons. The van der Waals surface area contributed by atoms with Gasteiger partial charge in [0.05, 0.1) is 16.8 Å². The van der Waals surface area contributed by atoms with Gasteiger partial charge < -0.3 is 9.88 Å². The molecule has 0 atom stereocenters. The van der Waals surface area contributed by atoms with Crippen molar-refractivity contribution in [1.29, 1.82) is 0 Å². The molecule has 1 fully saturated rings. The van der Waals surface area contributed by atoms with Gasteiger partial charge in [0.2, 0.25) is 0 Å². The first-order valence-corrected chi connectivity index (χ1v) is 13.7. The summed E-state index contributed by atoms with van der Waals surface area (Å²) in [5.74, 6) is 1.18. The van der Waals surface area contributed by atoms with Crippen LogP contribution in [0.1, 0.15) is 53.8 Å². The van der Waals surface area contributed by atoms with Crippen molar-refractivity contribution in [2.24, 2.45) is 13.0 Å². The molecule has 6 rings (SSSR count). The molecule has 0 spiro atoms. The third-order valence-corrected chi connectivity index (χ3v) is 8.38. The van der Waals surface area contributed by atoms with E-state index in [1.807, 2.05) is 43.4 Å². The monoisotopic (exact) mass is 511 g/mol. The molecular weight excluding hydrogens is 477 g/mol. The molecule has 1 N–H and O–H groups in total. The fourth-order valence-corrected chi connectivity index (χ4v) is 6.18. The Labute approximate surface area is 222 Å². The number of carbonyl (C=O) groups is 1. The molecule has 1 aliphatic carbocycles. The van der Waals surface area contributed by atoms with Crippen LogP contribution in [0.4, 0.5) is 4.39 Å². The molecule has 2 aliphatic rings. The van der Waals surface area contributed by atoms with Crippen molar-refractivity contribution in [2.45, 2.75) is 51.1 Å². The fourth-order valence-electron chi connectivity index (χ4n) is 6.18. The summed E-state index contributed by atoms with van der Waals surface area (Å²) >= 11 is 0. The zero-order chi connectivity index (χ0) is 26.1. The highest BCUT2D eigenvalue weighted by molar-refractivity contribution is 6.06. The second kappa shape index (κ2) is 10.7. The largest absolute Gasteiger partial charge is 0.349 e. The number of fused-ring (bicyclic) bond motifs is 2. The van der Waals surface area contributed by atoms with Crippen molar-refractivity contribution < 1.29 is 9.18 Å². The number of carbonyl (C=O) groups excluding carboxylic acids is 1. The van der Waals surface area contributed by atoms with Crippen LogP contribution in [-0.2, 0) is 20.0 Å². The van der Waals surface area contributed by atoms with Crippen molar-refractivity contribution in [3.05, 3.63) is 83.6 Å². The lowest BCUT2D eigenvalue weighted by molar-refractivity contribution is 0.0921. The summed E-state index contributed by atoms with van der Waals surface area (Å²) in [7, 11) is 2.00. The first-order valence-electron chi connectivity index (χ1n) is 13.7. The predicted molar refractivity (Wildman–Crippen MR) is 147 cm³/mol. The van der Waals surface area contributed by atoms with Crippen LogP contribution >= 0.6 is 0 Å². The number of hydrogen-bond acceptors (Lipinski definition) is 4. The first-order chi connectivity index (χ1) is 18.6. The van der Waals surface area contributed by atoms with E-state index in [-0.39, 0.29) is 17.8 Å². The number of aromatic nitrogens is 3. The first kappa shape index (κ1) is 24.7. The molecular formula is C31H34FN5O. The van der Waals surface area contributed by atoms with Crippen molar-refractivity contribution in [3.8, 4) is 11.4 Å². The van der Waals surface area contributed by atoms with Crippen LogP contribution in [0.15, 0.2) is 60.8 Å². The molecule has 4 aromatic rings. The van der Waals surface area contributed by atoms with Gasteiger partial charge in [0.25, 0.3) is 5.91 Å². The molecule has 2 aromatic carbocycles. The Balaban J connectivity index is 1.00. The highest BCUT2D eigenvalue weighted by Gasteiger charge is 2.27. The summed E-state index contributed by atoms with van der Waals surface area (Å²) < 4.78 is 16.4. The highest BCUT2D eigenvalue weighted by atomic mass is 19.1. The maximum Gasteiger partial charge on any atom is 0.252 e. The molecule has 0 bridgehead atoms.